The van der Waals surface area contributed by atoms with Gasteiger partial charge in [0.1, 0.15) is 0 Å². The third-order valence-corrected chi connectivity index (χ3v) is 5.50. The fourth-order valence-corrected chi connectivity index (χ4v) is 3.88. The molecule has 3 aromatic rings. The van der Waals surface area contributed by atoms with Crippen molar-refractivity contribution in [1.82, 2.24) is 0 Å². The molecule has 0 fully saturated rings. The molecule has 3 aromatic carbocycles. The predicted octanol–water partition coefficient (Wildman–Crippen LogP) is 6.03. The summed E-state index contributed by atoms with van der Waals surface area (Å²) in [6.07, 6.45) is 0.393. The summed E-state index contributed by atoms with van der Waals surface area (Å²) in [7, 11) is 0. The molecule has 0 unspecified atom stereocenters. The number of nitrogen functional groups attached to an aromatic ring is 1. The van der Waals surface area contributed by atoms with Gasteiger partial charge in [-0.15, -0.1) is 11.8 Å². The van der Waals surface area contributed by atoms with E-state index in [2.05, 4.69) is 0 Å². The normalized spacial score (nSPS) is 11.9. The molecular weight excluding hydrogens is 350 g/mol. The molecule has 4 heteroatoms. The summed E-state index contributed by atoms with van der Waals surface area (Å²) in [4.78, 5) is 13.7. The lowest BCUT2D eigenvalue weighted by molar-refractivity contribution is 0.0982. The highest BCUT2D eigenvalue weighted by atomic mass is 35.5. The maximum Gasteiger partial charge on any atom is 0.164 e. The third-order valence-electron chi connectivity index (χ3n) is 3.90. The molecule has 1 atom stereocenters. The van der Waals surface area contributed by atoms with Gasteiger partial charge in [-0.05, 0) is 29.8 Å². The highest BCUT2D eigenvalue weighted by Crippen LogP contribution is 2.41. The summed E-state index contributed by atoms with van der Waals surface area (Å²) in [5.74, 6) is 0.113. The van der Waals surface area contributed by atoms with E-state index in [-0.39, 0.29) is 11.0 Å². The van der Waals surface area contributed by atoms with Crippen LogP contribution in [0.3, 0.4) is 0 Å². The number of benzene rings is 3. The largest absolute Gasteiger partial charge is 0.398 e. The van der Waals surface area contributed by atoms with Crippen LogP contribution in [0.25, 0.3) is 0 Å². The number of Topliss-reactive ketones (excluding diaryl/α,β-unsaturated/α-hetero) is 1. The van der Waals surface area contributed by atoms with Gasteiger partial charge in [-0.1, -0.05) is 66.2 Å². The maximum absolute atomic E-state index is 12.7. The number of thioether (sulfide) groups is 1. The number of nitrogens with two attached hydrogens (primary N) is 1. The Hall–Kier alpha value is -2.23. The van der Waals surface area contributed by atoms with Crippen molar-refractivity contribution in [3.63, 3.8) is 0 Å². The van der Waals surface area contributed by atoms with Gasteiger partial charge in [0.15, 0.2) is 5.78 Å². The second kappa shape index (κ2) is 8.24. The zero-order valence-electron chi connectivity index (χ0n) is 13.6. The van der Waals surface area contributed by atoms with Crippen molar-refractivity contribution in [2.24, 2.45) is 0 Å². The Bertz CT molecular complexity index is 849. The minimum absolute atomic E-state index is 0.0327. The van der Waals surface area contributed by atoms with Crippen molar-refractivity contribution < 1.29 is 4.79 Å². The molecule has 0 saturated heterocycles. The number of hydrogen-bond acceptors (Lipinski definition) is 3. The molecule has 3 rings (SSSR count). The molecular formula is C21H18ClNOS. The van der Waals surface area contributed by atoms with E-state index in [1.54, 1.807) is 11.8 Å². The van der Waals surface area contributed by atoms with E-state index < -0.39 is 0 Å². The quantitative estimate of drug-likeness (QED) is 0.328. The van der Waals surface area contributed by atoms with Crippen LogP contribution in [0, 0.1) is 0 Å². The molecule has 0 aromatic heterocycles. The van der Waals surface area contributed by atoms with Crippen LogP contribution >= 0.6 is 23.4 Å². The van der Waals surface area contributed by atoms with Crippen molar-refractivity contribution in [2.75, 3.05) is 5.73 Å². The number of carbonyl (C=O) groups is 1. The topological polar surface area (TPSA) is 43.1 Å². The van der Waals surface area contributed by atoms with Crippen molar-refractivity contribution >= 4 is 34.8 Å². The molecule has 2 N–H and O–H groups in total. The first-order valence-corrected chi connectivity index (χ1v) is 9.24. The molecule has 0 aliphatic carbocycles. The van der Waals surface area contributed by atoms with Crippen LogP contribution in [0.2, 0.25) is 5.02 Å². The zero-order chi connectivity index (χ0) is 17.6. The van der Waals surface area contributed by atoms with Crippen LogP contribution in [0.5, 0.6) is 0 Å². The molecule has 0 heterocycles. The van der Waals surface area contributed by atoms with Gasteiger partial charge in [0.2, 0.25) is 0 Å². The Balaban J connectivity index is 1.87. The molecule has 0 spiro atoms. The molecule has 0 saturated carbocycles. The Kier molecular flexibility index (Phi) is 5.79. The van der Waals surface area contributed by atoms with Crippen LogP contribution < -0.4 is 5.73 Å². The van der Waals surface area contributed by atoms with Gasteiger partial charge in [0.05, 0.1) is 0 Å². The first-order chi connectivity index (χ1) is 12.1. The van der Waals surface area contributed by atoms with Crippen LogP contribution in [-0.4, -0.2) is 5.78 Å². The zero-order valence-corrected chi connectivity index (χ0v) is 15.1. The lowest BCUT2D eigenvalue weighted by Gasteiger charge is -2.18. The first kappa shape index (κ1) is 17.6. The number of ketones is 1. The number of hydrogen-bond donors (Lipinski definition) is 1. The fraction of sp³-hybridized carbons (Fsp3) is 0.0952. The average Bonchev–Trinajstić information content (AvgIpc) is 2.64. The van der Waals surface area contributed by atoms with Crippen molar-refractivity contribution in [3.8, 4) is 0 Å². The van der Waals surface area contributed by atoms with Gasteiger partial charge < -0.3 is 5.73 Å². The second-order valence-corrected chi connectivity index (χ2v) is 7.37. The van der Waals surface area contributed by atoms with Crippen molar-refractivity contribution in [1.29, 1.82) is 0 Å². The van der Waals surface area contributed by atoms with Crippen LogP contribution in [0.15, 0.2) is 83.8 Å². The summed E-state index contributed by atoms with van der Waals surface area (Å²) in [5, 5.41) is 0.649. The van der Waals surface area contributed by atoms with Crippen LogP contribution in [-0.2, 0) is 0 Å². The molecule has 0 aliphatic rings. The van der Waals surface area contributed by atoms with E-state index in [0.29, 0.717) is 11.4 Å². The van der Waals surface area contributed by atoms with Gasteiger partial charge in [-0.2, -0.15) is 0 Å². The Labute approximate surface area is 157 Å². The minimum atomic E-state index is -0.0327. The van der Waals surface area contributed by atoms with E-state index in [0.717, 1.165) is 21.7 Å². The SMILES string of the molecule is Nc1ccccc1S[C@@H](CC(=O)c1ccccc1)c1ccc(Cl)cc1. The molecule has 0 bridgehead atoms. The van der Waals surface area contributed by atoms with Gasteiger partial charge in [-0.25, -0.2) is 0 Å². The summed E-state index contributed by atoms with van der Waals surface area (Å²) in [5.41, 5.74) is 8.59. The van der Waals surface area contributed by atoms with E-state index >= 15 is 0 Å². The second-order valence-electron chi connectivity index (χ2n) is 5.69. The van der Waals surface area contributed by atoms with E-state index in [1.807, 2.05) is 78.9 Å². The summed E-state index contributed by atoms with van der Waals surface area (Å²) in [6, 6.07) is 24.7. The molecule has 0 aliphatic heterocycles. The number of carbonyl (C=O) groups excluding carboxylic acids is 1. The first-order valence-electron chi connectivity index (χ1n) is 7.98. The Morgan fingerprint density at radius 3 is 2.24 bits per heavy atom. The highest BCUT2D eigenvalue weighted by Gasteiger charge is 2.19. The van der Waals surface area contributed by atoms with E-state index in [4.69, 9.17) is 17.3 Å². The van der Waals surface area contributed by atoms with Crippen molar-refractivity contribution in [2.45, 2.75) is 16.6 Å². The predicted molar refractivity (Wildman–Crippen MR) is 106 cm³/mol. The maximum atomic E-state index is 12.7. The molecule has 2 nitrogen and oxygen atoms in total. The Morgan fingerprint density at radius 1 is 0.920 bits per heavy atom. The summed E-state index contributed by atoms with van der Waals surface area (Å²) >= 11 is 7.62. The lowest BCUT2D eigenvalue weighted by atomic mass is 10.0. The molecule has 25 heavy (non-hydrogen) atoms. The average molecular weight is 368 g/mol. The van der Waals surface area contributed by atoms with Crippen LogP contribution in [0.1, 0.15) is 27.6 Å². The smallest absolute Gasteiger partial charge is 0.164 e. The monoisotopic (exact) mass is 367 g/mol. The molecule has 126 valence electrons. The fourth-order valence-electron chi connectivity index (χ4n) is 2.56. The third kappa shape index (κ3) is 4.65. The number of halogens is 1. The van der Waals surface area contributed by atoms with E-state index in [1.165, 1.54) is 0 Å². The van der Waals surface area contributed by atoms with Crippen LogP contribution in [0.4, 0.5) is 5.69 Å². The standard InChI is InChI=1S/C21H18ClNOS/c22-17-12-10-16(11-13-17)21(25-20-9-5-4-8-18(20)23)14-19(24)15-6-2-1-3-7-15/h1-13,21H,14,23H2/t21-/m0/s1. The van der Waals surface area contributed by atoms with E-state index in [9.17, 15) is 4.79 Å². The van der Waals surface area contributed by atoms with Crippen molar-refractivity contribution in [3.05, 3.63) is 95.0 Å². The molecule has 0 radical (unpaired) electrons. The highest BCUT2D eigenvalue weighted by molar-refractivity contribution is 7.99. The number of para-hydroxylation sites is 1. The minimum Gasteiger partial charge on any atom is -0.398 e. The lowest BCUT2D eigenvalue weighted by Crippen LogP contribution is -2.06. The number of rotatable bonds is 6. The van der Waals surface area contributed by atoms with Gasteiger partial charge >= 0.3 is 0 Å². The number of anilines is 1. The summed E-state index contributed by atoms with van der Waals surface area (Å²) in [6.45, 7) is 0. The molecule has 0 amide bonds. The summed E-state index contributed by atoms with van der Waals surface area (Å²) < 4.78 is 0. The van der Waals surface area contributed by atoms with Gasteiger partial charge in [-0.3, -0.25) is 4.79 Å². The Morgan fingerprint density at radius 2 is 1.56 bits per heavy atom. The van der Waals surface area contributed by atoms with Gasteiger partial charge in [0.25, 0.3) is 0 Å². The van der Waals surface area contributed by atoms with Gasteiger partial charge in [0, 0.05) is 32.8 Å².